The number of carbonyl (C=O) groups is 2. The summed E-state index contributed by atoms with van der Waals surface area (Å²) in [5.74, 6) is -1.79. The van der Waals surface area contributed by atoms with E-state index in [2.05, 4.69) is 10.6 Å². The Morgan fingerprint density at radius 3 is 2.44 bits per heavy atom. The molecule has 0 unspecified atom stereocenters. The number of hydrogen-bond donors (Lipinski definition) is 2. The van der Waals surface area contributed by atoms with Crippen molar-refractivity contribution in [1.29, 1.82) is 0 Å². The normalized spacial score (nSPS) is 21.9. The first kappa shape index (κ1) is 17.9. The molecule has 6 nitrogen and oxygen atoms in total. The van der Waals surface area contributed by atoms with Crippen molar-refractivity contribution in [3.8, 4) is 0 Å². The Morgan fingerprint density at radius 2 is 1.76 bits per heavy atom. The number of aryl methyl sites for hydroxylation is 2. The van der Waals surface area contributed by atoms with Crippen LogP contribution in [0.2, 0.25) is 0 Å². The van der Waals surface area contributed by atoms with Crippen LogP contribution in [-0.2, 0) is 19.1 Å². The number of benzene rings is 1. The highest BCUT2D eigenvalue weighted by Crippen LogP contribution is 2.37. The van der Waals surface area contributed by atoms with Gasteiger partial charge in [0.25, 0.3) is 0 Å². The average molecular weight is 346 g/mol. The number of nitrogens with one attached hydrogen (secondary N) is 2. The fourth-order valence-electron chi connectivity index (χ4n) is 3.59. The molecule has 1 spiro atoms. The summed E-state index contributed by atoms with van der Waals surface area (Å²) in [5, 5.41) is 5.27. The molecule has 2 N–H and O–H groups in total. The van der Waals surface area contributed by atoms with Gasteiger partial charge < -0.3 is 20.1 Å². The van der Waals surface area contributed by atoms with Crippen LogP contribution in [0.15, 0.2) is 18.2 Å². The Hall–Kier alpha value is -1.92. The molecule has 1 aromatic rings. The van der Waals surface area contributed by atoms with Gasteiger partial charge >= 0.3 is 11.8 Å². The predicted molar refractivity (Wildman–Crippen MR) is 94.2 cm³/mol. The number of anilines is 1. The molecule has 0 bridgehead atoms. The van der Waals surface area contributed by atoms with Crippen LogP contribution >= 0.6 is 0 Å². The van der Waals surface area contributed by atoms with Gasteiger partial charge in [-0.25, -0.2) is 0 Å². The molecular formula is C19H26N2O4. The summed E-state index contributed by atoms with van der Waals surface area (Å²) in [5.41, 5.74) is 2.69. The van der Waals surface area contributed by atoms with Crippen LogP contribution in [0.5, 0.6) is 0 Å². The van der Waals surface area contributed by atoms with E-state index in [9.17, 15) is 9.59 Å². The molecule has 2 amide bonds. The lowest BCUT2D eigenvalue weighted by Gasteiger charge is -2.31. The highest BCUT2D eigenvalue weighted by molar-refractivity contribution is 6.39. The Kier molecular flexibility index (Phi) is 5.39. The first-order chi connectivity index (χ1) is 12.0. The van der Waals surface area contributed by atoms with E-state index in [-0.39, 0.29) is 12.6 Å². The van der Waals surface area contributed by atoms with E-state index >= 15 is 0 Å². The number of carbonyl (C=O) groups excluding carboxylic acids is 2. The van der Waals surface area contributed by atoms with Crippen LogP contribution in [0, 0.1) is 13.8 Å². The minimum atomic E-state index is -0.670. The minimum absolute atomic E-state index is 0.198. The molecule has 1 heterocycles. The second-order valence-electron chi connectivity index (χ2n) is 7.06. The van der Waals surface area contributed by atoms with Gasteiger partial charge in [-0.3, -0.25) is 9.59 Å². The third-order valence-corrected chi connectivity index (χ3v) is 4.71. The lowest BCUT2D eigenvalue weighted by molar-refractivity contribution is -0.186. The van der Waals surface area contributed by atoms with Crippen molar-refractivity contribution >= 4 is 17.5 Å². The van der Waals surface area contributed by atoms with Crippen LogP contribution in [0.25, 0.3) is 0 Å². The van der Waals surface area contributed by atoms with Crippen LogP contribution in [-0.4, -0.2) is 36.9 Å². The van der Waals surface area contributed by atoms with E-state index in [1.54, 1.807) is 0 Å². The van der Waals surface area contributed by atoms with Gasteiger partial charge in [-0.2, -0.15) is 0 Å². The number of rotatable bonds is 3. The van der Waals surface area contributed by atoms with Gasteiger partial charge in [-0.05, 0) is 49.9 Å². The Morgan fingerprint density at radius 1 is 1.08 bits per heavy atom. The van der Waals surface area contributed by atoms with Crippen molar-refractivity contribution in [2.45, 2.75) is 57.8 Å². The van der Waals surface area contributed by atoms with E-state index in [0.29, 0.717) is 12.3 Å². The summed E-state index contributed by atoms with van der Waals surface area (Å²) in [6, 6.07) is 5.67. The molecule has 0 aromatic heterocycles. The number of ether oxygens (including phenoxy) is 2. The lowest BCUT2D eigenvalue weighted by atomic mass is 9.94. The third kappa shape index (κ3) is 4.58. The van der Waals surface area contributed by atoms with E-state index in [4.69, 9.17) is 9.47 Å². The lowest BCUT2D eigenvalue weighted by Crippen LogP contribution is -2.41. The summed E-state index contributed by atoms with van der Waals surface area (Å²) in [7, 11) is 0. The van der Waals surface area contributed by atoms with Gasteiger partial charge in [-0.15, -0.1) is 0 Å². The second kappa shape index (κ2) is 7.54. The summed E-state index contributed by atoms with van der Waals surface area (Å²) >= 11 is 0. The van der Waals surface area contributed by atoms with Gasteiger partial charge in [0.1, 0.15) is 6.10 Å². The zero-order valence-electron chi connectivity index (χ0n) is 14.9. The topological polar surface area (TPSA) is 76.7 Å². The highest BCUT2D eigenvalue weighted by Gasteiger charge is 2.42. The maximum Gasteiger partial charge on any atom is 0.313 e. The predicted octanol–water partition coefficient (Wildman–Crippen LogP) is 2.43. The fraction of sp³-hybridized carbons (Fsp3) is 0.579. The molecule has 136 valence electrons. The fourth-order valence-corrected chi connectivity index (χ4v) is 3.59. The first-order valence-electron chi connectivity index (χ1n) is 8.95. The van der Waals surface area contributed by atoms with Crippen molar-refractivity contribution in [2.75, 3.05) is 18.5 Å². The summed E-state index contributed by atoms with van der Waals surface area (Å²) < 4.78 is 11.8. The van der Waals surface area contributed by atoms with Crippen molar-refractivity contribution < 1.29 is 19.1 Å². The molecule has 0 radical (unpaired) electrons. The van der Waals surface area contributed by atoms with Crippen LogP contribution in [0.3, 0.4) is 0 Å². The van der Waals surface area contributed by atoms with E-state index in [1.165, 1.54) is 6.42 Å². The van der Waals surface area contributed by atoms with Crippen molar-refractivity contribution in [3.63, 3.8) is 0 Å². The smallest absolute Gasteiger partial charge is 0.313 e. The maximum absolute atomic E-state index is 12.0. The summed E-state index contributed by atoms with van der Waals surface area (Å²) in [4.78, 5) is 24.1. The van der Waals surface area contributed by atoms with E-state index in [1.807, 2.05) is 32.0 Å². The molecule has 1 aliphatic carbocycles. The van der Waals surface area contributed by atoms with Crippen LogP contribution < -0.4 is 10.6 Å². The van der Waals surface area contributed by atoms with Crippen molar-refractivity contribution in [2.24, 2.45) is 0 Å². The molecule has 2 aliphatic rings. The molecular weight excluding hydrogens is 320 g/mol. The third-order valence-electron chi connectivity index (χ3n) is 4.71. The molecule has 6 heteroatoms. The van der Waals surface area contributed by atoms with Crippen LogP contribution in [0.4, 0.5) is 5.69 Å². The maximum atomic E-state index is 12.0. The SMILES string of the molecule is Cc1cc(C)cc(NC(=O)C(=O)NC[C@@H]2COC3(CCCCC3)O2)c1. The number of amides is 2. The van der Waals surface area contributed by atoms with Crippen LogP contribution in [0.1, 0.15) is 43.2 Å². The molecule has 1 aliphatic heterocycles. The standard InChI is InChI=1S/C19H26N2O4/c1-13-8-14(2)10-15(9-13)21-18(23)17(22)20-11-16-12-24-19(25-16)6-4-3-5-7-19/h8-10,16H,3-7,11-12H2,1-2H3,(H,20,22)(H,21,23)/t16-/m1/s1. The summed E-state index contributed by atoms with van der Waals surface area (Å²) in [6.45, 7) is 4.63. The highest BCUT2D eigenvalue weighted by atomic mass is 16.7. The zero-order valence-corrected chi connectivity index (χ0v) is 14.9. The summed E-state index contributed by atoms with van der Waals surface area (Å²) in [6.07, 6.45) is 5.05. The first-order valence-corrected chi connectivity index (χ1v) is 8.95. The van der Waals surface area contributed by atoms with E-state index < -0.39 is 17.6 Å². The monoisotopic (exact) mass is 346 g/mol. The van der Waals surface area contributed by atoms with Crippen molar-refractivity contribution in [3.05, 3.63) is 29.3 Å². The van der Waals surface area contributed by atoms with Gasteiger partial charge in [-0.1, -0.05) is 12.5 Å². The molecule has 1 saturated heterocycles. The zero-order chi connectivity index (χ0) is 17.9. The second-order valence-corrected chi connectivity index (χ2v) is 7.06. The van der Waals surface area contributed by atoms with E-state index in [0.717, 1.165) is 36.8 Å². The quantitative estimate of drug-likeness (QED) is 0.824. The van der Waals surface area contributed by atoms with Crippen molar-refractivity contribution in [1.82, 2.24) is 5.32 Å². The Balaban J connectivity index is 1.46. The molecule has 25 heavy (non-hydrogen) atoms. The Bertz CT molecular complexity index is 633. The van der Waals surface area contributed by atoms with Gasteiger partial charge in [0.2, 0.25) is 0 Å². The number of hydrogen-bond acceptors (Lipinski definition) is 4. The minimum Gasteiger partial charge on any atom is -0.347 e. The van der Waals surface area contributed by atoms with Gasteiger partial charge in [0, 0.05) is 25.1 Å². The molecule has 2 fully saturated rings. The molecule has 1 saturated carbocycles. The molecule has 1 aromatic carbocycles. The largest absolute Gasteiger partial charge is 0.347 e. The van der Waals surface area contributed by atoms with Gasteiger partial charge in [0.05, 0.1) is 6.61 Å². The van der Waals surface area contributed by atoms with Gasteiger partial charge in [0.15, 0.2) is 5.79 Å². The average Bonchev–Trinajstić information content (AvgIpc) is 2.94. The Labute approximate surface area is 148 Å². The molecule has 3 rings (SSSR count). The molecule has 1 atom stereocenters.